The molecule has 0 atom stereocenters. The number of likely N-dealkylation sites (tertiary alicyclic amines) is 1. The van der Waals surface area contributed by atoms with E-state index in [4.69, 9.17) is 0 Å². The summed E-state index contributed by atoms with van der Waals surface area (Å²) in [5.74, 6) is -0.0933. The van der Waals surface area contributed by atoms with Crippen molar-refractivity contribution in [3.63, 3.8) is 0 Å². The Morgan fingerprint density at radius 2 is 1.94 bits per heavy atom. The third-order valence-electron chi connectivity index (χ3n) is 6.32. The minimum absolute atomic E-state index is 0.135. The average molecular weight is 443 g/mol. The number of pyridine rings is 1. The van der Waals surface area contributed by atoms with Crippen LogP contribution < -0.4 is 10.2 Å². The Hall–Kier alpha value is -2.45. The molecule has 0 radical (unpaired) electrons. The molecule has 0 spiro atoms. The van der Waals surface area contributed by atoms with E-state index in [1.807, 2.05) is 5.38 Å². The Bertz CT molecular complexity index is 888. The quantitative estimate of drug-likeness (QED) is 0.669. The van der Waals surface area contributed by atoms with Crippen molar-refractivity contribution in [3.05, 3.63) is 40.2 Å². The SMILES string of the molecule is O=C(Nc1cnc(N2CCC(CCN3CCCCC3)CC2)c(C(=O)O)c1)c1cccs1. The monoisotopic (exact) mass is 442 g/mol. The molecule has 2 aromatic heterocycles. The number of piperidine rings is 2. The van der Waals surface area contributed by atoms with Gasteiger partial charge in [-0.15, -0.1) is 11.3 Å². The zero-order valence-electron chi connectivity index (χ0n) is 17.8. The van der Waals surface area contributed by atoms with Crippen LogP contribution in [0.3, 0.4) is 0 Å². The smallest absolute Gasteiger partial charge is 0.339 e. The van der Waals surface area contributed by atoms with Crippen molar-refractivity contribution in [3.8, 4) is 0 Å². The van der Waals surface area contributed by atoms with Gasteiger partial charge < -0.3 is 20.2 Å². The second-order valence-corrected chi connectivity index (χ2v) is 9.40. The molecule has 2 aliphatic heterocycles. The summed E-state index contributed by atoms with van der Waals surface area (Å²) in [5, 5.41) is 14.3. The highest BCUT2D eigenvalue weighted by Gasteiger charge is 2.25. The molecule has 0 aromatic carbocycles. The molecule has 31 heavy (non-hydrogen) atoms. The van der Waals surface area contributed by atoms with Crippen LogP contribution >= 0.6 is 11.3 Å². The van der Waals surface area contributed by atoms with E-state index in [1.54, 1.807) is 18.3 Å². The van der Waals surface area contributed by atoms with Gasteiger partial charge in [-0.05, 0) is 75.2 Å². The average Bonchev–Trinajstić information content (AvgIpc) is 3.34. The number of carboxylic acids is 1. The molecule has 0 saturated carbocycles. The van der Waals surface area contributed by atoms with Gasteiger partial charge in [0.1, 0.15) is 11.4 Å². The topological polar surface area (TPSA) is 85.8 Å². The molecule has 2 N–H and O–H groups in total. The Morgan fingerprint density at radius 3 is 2.61 bits per heavy atom. The van der Waals surface area contributed by atoms with Crippen LogP contribution in [0.15, 0.2) is 29.8 Å². The summed E-state index contributed by atoms with van der Waals surface area (Å²) in [7, 11) is 0. The van der Waals surface area contributed by atoms with E-state index >= 15 is 0 Å². The highest BCUT2D eigenvalue weighted by atomic mass is 32.1. The predicted octanol–water partition coefficient (Wildman–Crippen LogP) is 4.19. The van der Waals surface area contributed by atoms with Crippen LogP contribution in [0.2, 0.25) is 0 Å². The number of amides is 1. The van der Waals surface area contributed by atoms with Gasteiger partial charge in [0.25, 0.3) is 5.91 Å². The summed E-state index contributed by atoms with van der Waals surface area (Å²) in [6, 6.07) is 5.05. The highest BCUT2D eigenvalue weighted by molar-refractivity contribution is 7.12. The van der Waals surface area contributed by atoms with E-state index < -0.39 is 5.97 Å². The van der Waals surface area contributed by atoms with E-state index in [1.165, 1.54) is 62.7 Å². The highest BCUT2D eigenvalue weighted by Crippen LogP contribution is 2.28. The fourth-order valence-corrected chi connectivity index (χ4v) is 5.14. The van der Waals surface area contributed by atoms with Gasteiger partial charge in [-0.3, -0.25) is 4.79 Å². The normalized spacial score (nSPS) is 18.1. The second-order valence-electron chi connectivity index (χ2n) is 8.45. The van der Waals surface area contributed by atoms with Crippen molar-refractivity contribution in [1.82, 2.24) is 9.88 Å². The minimum Gasteiger partial charge on any atom is -0.478 e. The molecule has 1 amide bonds. The van der Waals surface area contributed by atoms with Crippen molar-refractivity contribution in [2.45, 2.75) is 38.5 Å². The molecule has 0 unspecified atom stereocenters. The zero-order chi connectivity index (χ0) is 21.6. The number of carbonyl (C=O) groups excluding carboxylic acids is 1. The van der Waals surface area contributed by atoms with Crippen molar-refractivity contribution in [2.24, 2.45) is 5.92 Å². The number of aromatic carboxylic acids is 1. The van der Waals surface area contributed by atoms with Crippen LogP contribution in [-0.4, -0.2) is 59.6 Å². The van der Waals surface area contributed by atoms with Crippen LogP contribution in [-0.2, 0) is 0 Å². The second kappa shape index (κ2) is 10.2. The number of carboxylic acid groups (broad SMARTS) is 1. The third-order valence-corrected chi connectivity index (χ3v) is 7.18. The molecule has 4 heterocycles. The maximum Gasteiger partial charge on any atom is 0.339 e. The summed E-state index contributed by atoms with van der Waals surface area (Å²) in [6.07, 6.45) is 8.91. The first kappa shape index (κ1) is 21.8. The molecule has 8 heteroatoms. The molecular weight excluding hydrogens is 412 g/mol. The lowest BCUT2D eigenvalue weighted by atomic mass is 9.93. The first-order valence-electron chi connectivity index (χ1n) is 11.2. The lowest BCUT2D eigenvalue weighted by Crippen LogP contribution is -2.37. The first-order chi connectivity index (χ1) is 15.1. The van der Waals surface area contributed by atoms with Crippen molar-refractivity contribution in [1.29, 1.82) is 0 Å². The molecule has 0 aliphatic carbocycles. The zero-order valence-corrected chi connectivity index (χ0v) is 18.6. The summed E-state index contributed by atoms with van der Waals surface area (Å²) in [4.78, 5) is 33.8. The van der Waals surface area contributed by atoms with E-state index in [2.05, 4.69) is 20.1 Å². The van der Waals surface area contributed by atoms with Crippen LogP contribution in [0.1, 0.15) is 58.6 Å². The molecule has 4 rings (SSSR count). The van der Waals surface area contributed by atoms with Crippen LogP contribution in [0.25, 0.3) is 0 Å². The Morgan fingerprint density at radius 1 is 1.16 bits per heavy atom. The van der Waals surface area contributed by atoms with E-state index in [0.29, 0.717) is 22.3 Å². The maximum absolute atomic E-state index is 12.3. The minimum atomic E-state index is -1.03. The van der Waals surface area contributed by atoms with E-state index in [0.717, 1.165) is 25.9 Å². The molecular formula is C23H30N4O3S. The third kappa shape index (κ3) is 5.62. The predicted molar refractivity (Wildman–Crippen MR) is 123 cm³/mol. The number of thiophene rings is 1. The van der Waals surface area contributed by atoms with E-state index in [-0.39, 0.29) is 11.5 Å². The fraction of sp³-hybridized carbons (Fsp3) is 0.522. The molecule has 0 bridgehead atoms. The molecule has 2 aromatic rings. The van der Waals surface area contributed by atoms with Gasteiger partial charge in [-0.25, -0.2) is 9.78 Å². The Labute approximate surface area is 187 Å². The van der Waals surface area contributed by atoms with E-state index in [9.17, 15) is 14.7 Å². The summed E-state index contributed by atoms with van der Waals surface area (Å²) in [6.45, 7) is 5.29. The standard InChI is InChI=1S/C23H30N4O3S/c28-22(20-5-4-14-31-20)25-18-15-19(23(29)30)21(24-16-18)27-12-7-17(8-13-27)6-11-26-9-2-1-3-10-26/h4-5,14-17H,1-3,6-13H2,(H,25,28)(H,29,30). The van der Waals surface area contributed by atoms with Crippen molar-refractivity contribution < 1.29 is 14.7 Å². The van der Waals surface area contributed by atoms with Gasteiger partial charge >= 0.3 is 5.97 Å². The number of rotatable bonds is 7. The number of nitrogens with zero attached hydrogens (tertiary/aromatic N) is 3. The van der Waals surface area contributed by atoms with Gasteiger partial charge in [0.05, 0.1) is 16.8 Å². The summed E-state index contributed by atoms with van der Waals surface area (Å²) < 4.78 is 0. The van der Waals surface area contributed by atoms with Gasteiger partial charge in [-0.1, -0.05) is 12.5 Å². The lowest BCUT2D eigenvalue weighted by Gasteiger charge is -2.35. The van der Waals surface area contributed by atoms with Crippen molar-refractivity contribution in [2.75, 3.05) is 42.9 Å². The number of nitrogens with one attached hydrogen (secondary N) is 1. The van der Waals surface area contributed by atoms with Gasteiger partial charge in [0, 0.05) is 13.1 Å². The molecule has 7 nitrogen and oxygen atoms in total. The van der Waals surface area contributed by atoms with Crippen molar-refractivity contribution >= 4 is 34.7 Å². The molecule has 2 fully saturated rings. The Balaban J connectivity index is 1.35. The van der Waals surface area contributed by atoms with Crippen LogP contribution in [0.4, 0.5) is 11.5 Å². The lowest BCUT2D eigenvalue weighted by molar-refractivity contribution is 0.0696. The first-order valence-corrected chi connectivity index (χ1v) is 12.0. The number of hydrogen-bond acceptors (Lipinski definition) is 6. The summed E-state index contributed by atoms with van der Waals surface area (Å²) >= 11 is 1.34. The number of hydrogen-bond donors (Lipinski definition) is 2. The summed E-state index contributed by atoms with van der Waals surface area (Å²) in [5.41, 5.74) is 0.534. The number of aromatic nitrogens is 1. The molecule has 2 aliphatic rings. The van der Waals surface area contributed by atoms with Gasteiger partial charge in [-0.2, -0.15) is 0 Å². The van der Waals surface area contributed by atoms with Crippen LogP contribution in [0.5, 0.6) is 0 Å². The fourth-order valence-electron chi connectivity index (χ4n) is 4.52. The number of carbonyl (C=O) groups is 2. The van der Waals surface area contributed by atoms with Gasteiger partial charge in [0.15, 0.2) is 0 Å². The largest absolute Gasteiger partial charge is 0.478 e. The Kier molecular flexibility index (Phi) is 7.19. The van der Waals surface area contributed by atoms with Crippen LogP contribution in [0, 0.1) is 5.92 Å². The number of anilines is 2. The molecule has 2 saturated heterocycles. The maximum atomic E-state index is 12.3. The van der Waals surface area contributed by atoms with Gasteiger partial charge in [0.2, 0.25) is 0 Å². The molecule has 166 valence electrons.